The first-order valence-electron chi connectivity index (χ1n) is 6.39. The van der Waals surface area contributed by atoms with Gasteiger partial charge < -0.3 is 4.90 Å². The third-order valence-electron chi connectivity index (χ3n) is 2.86. The molecule has 2 rings (SSSR count). The van der Waals surface area contributed by atoms with Gasteiger partial charge in [0.1, 0.15) is 11.6 Å². The van der Waals surface area contributed by atoms with Gasteiger partial charge in [-0.2, -0.15) is 0 Å². The maximum Gasteiger partial charge on any atom is 0.238 e. The molecule has 0 spiro atoms. The van der Waals surface area contributed by atoms with Crippen molar-refractivity contribution in [3.8, 4) is 0 Å². The second-order valence-corrected chi connectivity index (χ2v) is 5.80. The first-order valence-corrected chi connectivity index (χ1v) is 7.80. The van der Waals surface area contributed by atoms with Crippen LogP contribution < -0.4 is 0 Å². The third kappa shape index (κ3) is 3.80. The number of thiophene rings is 1. The monoisotopic (exact) mass is 312 g/mol. The highest BCUT2D eigenvalue weighted by Gasteiger charge is 2.16. The van der Waals surface area contributed by atoms with E-state index in [-0.39, 0.29) is 11.8 Å². The third-order valence-corrected chi connectivity index (χ3v) is 4.13. The van der Waals surface area contributed by atoms with Crippen LogP contribution in [0, 0.1) is 6.92 Å². The molecule has 20 heavy (non-hydrogen) atoms. The average Bonchev–Trinajstić information content (AvgIpc) is 3.06. The van der Waals surface area contributed by atoms with Crippen LogP contribution in [0.3, 0.4) is 0 Å². The fourth-order valence-corrected chi connectivity index (χ4v) is 2.90. The number of hydrogen-bond acceptors (Lipinski definition) is 4. The Balaban J connectivity index is 2.09. The molecule has 2 heterocycles. The van der Waals surface area contributed by atoms with Gasteiger partial charge in [0.15, 0.2) is 0 Å². The second kappa shape index (κ2) is 6.85. The number of carbonyl (C=O) groups excluding carboxylic acids is 1. The fraction of sp³-hybridized carbons (Fsp3) is 0.462. The molecule has 7 heteroatoms. The number of alkyl halides is 1. The van der Waals surface area contributed by atoms with E-state index in [0.717, 1.165) is 17.1 Å². The molecular formula is C13H17ClN4OS. The average molecular weight is 313 g/mol. The van der Waals surface area contributed by atoms with E-state index < -0.39 is 0 Å². The number of halogens is 1. The Bertz CT molecular complexity index is 580. The normalized spacial score (nSPS) is 10.8. The maximum atomic E-state index is 11.9. The van der Waals surface area contributed by atoms with Crippen molar-refractivity contribution in [3.05, 3.63) is 33.8 Å². The summed E-state index contributed by atoms with van der Waals surface area (Å²) < 4.78 is 1.74. The van der Waals surface area contributed by atoms with Crippen LogP contribution in [0.15, 0.2) is 17.6 Å². The lowest BCUT2D eigenvalue weighted by atomic mass is 10.3. The van der Waals surface area contributed by atoms with Gasteiger partial charge in [0.2, 0.25) is 5.91 Å². The van der Waals surface area contributed by atoms with Crippen molar-refractivity contribution < 1.29 is 4.79 Å². The molecule has 2 aromatic heterocycles. The van der Waals surface area contributed by atoms with Crippen molar-refractivity contribution in [1.82, 2.24) is 19.9 Å². The van der Waals surface area contributed by atoms with Gasteiger partial charge in [-0.3, -0.25) is 9.48 Å². The molecule has 0 radical (unpaired) electrons. The van der Waals surface area contributed by atoms with Gasteiger partial charge in [-0.25, -0.2) is 0 Å². The van der Waals surface area contributed by atoms with Crippen LogP contribution in [0.1, 0.15) is 23.1 Å². The number of nitrogens with zero attached hydrogens (tertiary/aromatic N) is 4. The summed E-state index contributed by atoms with van der Waals surface area (Å²) in [5.74, 6) is -0.115. The summed E-state index contributed by atoms with van der Waals surface area (Å²) in [7, 11) is 0. The zero-order valence-electron chi connectivity index (χ0n) is 11.5. The smallest absolute Gasteiger partial charge is 0.238 e. The van der Waals surface area contributed by atoms with E-state index in [1.165, 1.54) is 5.56 Å². The van der Waals surface area contributed by atoms with Gasteiger partial charge in [-0.15, -0.1) is 28.0 Å². The van der Waals surface area contributed by atoms with Crippen LogP contribution in [-0.2, 0) is 24.4 Å². The summed E-state index contributed by atoms with van der Waals surface area (Å²) in [6, 6.07) is 2.09. The Kier molecular flexibility index (Phi) is 5.14. The number of rotatable bonds is 6. The van der Waals surface area contributed by atoms with Crippen LogP contribution in [0.4, 0.5) is 0 Å². The summed E-state index contributed by atoms with van der Waals surface area (Å²) in [5.41, 5.74) is 1.98. The predicted molar refractivity (Wildman–Crippen MR) is 79.7 cm³/mol. The van der Waals surface area contributed by atoms with E-state index in [1.807, 2.05) is 20.0 Å². The summed E-state index contributed by atoms with van der Waals surface area (Å²) >= 11 is 7.34. The highest BCUT2D eigenvalue weighted by Crippen LogP contribution is 2.17. The minimum atomic E-state index is -0.0937. The molecule has 0 N–H and O–H groups in total. The standard InChI is InChI=1S/C13H17ClN4OS/c1-3-18-7-11(15-16-18)6-17(13(19)5-14)8-12-4-10(2)9-20-12/h4,7,9H,3,5-6,8H2,1-2H3. The van der Waals surface area contributed by atoms with Gasteiger partial charge in [0.25, 0.3) is 0 Å². The lowest BCUT2D eigenvalue weighted by Gasteiger charge is -2.19. The molecule has 0 bridgehead atoms. The van der Waals surface area contributed by atoms with Gasteiger partial charge in [-0.1, -0.05) is 5.21 Å². The summed E-state index contributed by atoms with van der Waals surface area (Å²) in [6.45, 7) is 5.79. The first-order chi connectivity index (χ1) is 9.62. The highest BCUT2D eigenvalue weighted by atomic mass is 35.5. The number of carbonyl (C=O) groups is 1. The first kappa shape index (κ1) is 15.0. The molecule has 0 unspecified atom stereocenters. The molecule has 0 atom stereocenters. The molecule has 1 amide bonds. The van der Waals surface area contributed by atoms with Gasteiger partial charge in [0.05, 0.1) is 19.3 Å². The van der Waals surface area contributed by atoms with Crippen molar-refractivity contribution >= 4 is 28.8 Å². The van der Waals surface area contributed by atoms with Crippen LogP contribution >= 0.6 is 22.9 Å². The minimum Gasteiger partial charge on any atom is -0.330 e. The van der Waals surface area contributed by atoms with E-state index in [9.17, 15) is 4.79 Å². The molecule has 0 aliphatic carbocycles. The Morgan fingerprint density at radius 3 is 2.85 bits per heavy atom. The number of aryl methyl sites for hydroxylation is 2. The Hall–Kier alpha value is -1.40. The van der Waals surface area contributed by atoms with Crippen molar-refractivity contribution in [1.29, 1.82) is 0 Å². The van der Waals surface area contributed by atoms with Crippen LogP contribution in [-0.4, -0.2) is 31.7 Å². The fourth-order valence-electron chi connectivity index (χ4n) is 1.84. The summed E-state index contributed by atoms with van der Waals surface area (Å²) in [6.07, 6.45) is 1.86. The number of aromatic nitrogens is 3. The lowest BCUT2D eigenvalue weighted by Crippen LogP contribution is -2.30. The molecule has 108 valence electrons. The maximum absolute atomic E-state index is 11.9. The van der Waals surface area contributed by atoms with Crippen LogP contribution in [0.25, 0.3) is 0 Å². The molecular weight excluding hydrogens is 296 g/mol. The van der Waals surface area contributed by atoms with Gasteiger partial charge in [0, 0.05) is 11.4 Å². The van der Waals surface area contributed by atoms with E-state index in [2.05, 4.69) is 21.8 Å². The number of hydrogen-bond donors (Lipinski definition) is 0. The SMILES string of the molecule is CCn1cc(CN(Cc2cc(C)cs2)C(=O)CCl)nn1. The molecule has 0 aromatic carbocycles. The van der Waals surface area contributed by atoms with Crippen molar-refractivity contribution in [2.75, 3.05) is 5.88 Å². The van der Waals surface area contributed by atoms with E-state index >= 15 is 0 Å². The lowest BCUT2D eigenvalue weighted by molar-refractivity contribution is -0.129. The molecule has 0 saturated carbocycles. The van der Waals surface area contributed by atoms with E-state index in [4.69, 9.17) is 11.6 Å². The molecule has 0 saturated heterocycles. The van der Waals surface area contributed by atoms with E-state index in [0.29, 0.717) is 13.1 Å². The van der Waals surface area contributed by atoms with E-state index in [1.54, 1.807) is 20.9 Å². The highest BCUT2D eigenvalue weighted by molar-refractivity contribution is 7.10. The Morgan fingerprint density at radius 2 is 2.30 bits per heavy atom. The summed E-state index contributed by atoms with van der Waals surface area (Å²) in [4.78, 5) is 14.8. The molecule has 2 aromatic rings. The molecule has 0 aliphatic heterocycles. The largest absolute Gasteiger partial charge is 0.330 e. The summed E-state index contributed by atoms with van der Waals surface area (Å²) in [5, 5.41) is 10.1. The quantitative estimate of drug-likeness (QED) is 0.770. The zero-order valence-corrected chi connectivity index (χ0v) is 13.1. The van der Waals surface area contributed by atoms with Crippen molar-refractivity contribution in [2.45, 2.75) is 33.5 Å². The predicted octanol–water partition coefficient (Wildman–Crippen LogP) is 2.44. The van der Waals surface area contributed by atoms with Crippen molar-refractivity contribution in [3.63, 3.8) is 0 Å². The minimum absolute atomic E-state index is 0.0216. The van der Waals surface area contributed by atoms with Crippen molar-refractivity contribution in [2.24, 2.45) is 0 Å². The van der Waals surface area contributed by atoms with Gasteiger partial charge >= 0.3 is 0 Å². The Morgan fingerprint density at radius 1 is 1.50 bits per heavy atom. The van der Waals surface area contributed by atoms with Crippen LogP contribution in [0.5, 0.6) is 0 Å². The second-order valence-electron chi connectivity index (χ2n) is 4.54. The molecule has 0 fully saturated rings. The van der Waals surface area contributed by atoms with Gasteiger partial charge in [-0.05, 0) is 30.9 Å². The molecule has 5 nitrogen and oxygen atoms in total. The Labute approximate surface area is 127 Å². The number of amides is 1. The zero-order chi connectivity index (χ0) is 14.5. The van der Waals surface area contributed by atoms with Crippen LogP contribution in [0.2, 0.25) is 0 Å². The topological polar surface area (TPSA) is 51.0 Å². The molecule has 0 aliphatic rings.